The third-order valence-electron chi connectivity index (χ3n) is 3.69. The van der Waals surface area contributed by atoms with Crippen molar-refractivity contribution >= 4 is 5.82 Å². The molecule has 0 amide bonds. The Morgan fingerprint density at radius 3 is 2.70 bits per heavy atom. The normalized spacial score (nSPS) is 17.1. The Balaban J connectivity index is 2.11. The number of aromatic nitrogens is 2. The van der Waals surface area contributed by atoms with Crippen LogP contribution in [0, 0.1) is 0 Å². The maximum absolute atomic E-state index is 6.16. The molecule has 2 heterocycles. The number of hydrogen-bond donors (Lipinski definition) is 1. The van der Waals surface area contributed by atoms with E-state index >= 15 is 0 Å². The standard InChI is InChI=1S/C15H26N4O/c1-4-6-13-14(16-5-2)17-11-18-15(13)20-12-7-9-19(3)10-8-12/h11-12H,4-10H2,1-3H3,(H,16,17,18). The Hall–Kier alpha value is -1.36. The third-order valence-corrected chi connectivity index (χ3v) is 3.69. The van der Waals surface area contributed by atoms with Gasteiger partial charge >= 0.3 is 0 Å². The first kappa shape index (κ1) is 15.0. The van der Waals surface area contributed by atoms with Crippen molar-refractivity contribution in [2.75, 3.05) is 32.0 Å². The fourth-order valence-electron chi connectivity index (χ4n) is 2.55. The minimum atomic E-state index is 0.284. The van der Waals surface area contributed by atoms with Gasteiger partial charge in [-0.05, 0) is 33.2 Å². The lowest BCUT2D eigenvalue weighted by Crippen LogP contribution is -2.36. The first-order valence-corrected chi connectivity index (χ1v) is 7.67. The zero-order valence-electron chi connectivity index (χ0n) is 12.9. The molecule has 20 heavy (non-hydrogen) atoms. The molecule has 0 radical (unpaired) electrons. The number of rotatable bonds is 6. The minimum Gasteiger partial charge on any atom is -0.474 e. The van der Waals surface area contributed by atoms with Crippen molar-refractivity contribution in [3.8, 4) is 5.88 Å². The van der Waals surface area contributed by atoms with Crippen molar-refractivity contribution in [2.24, 2.45) is 0 Å². The topological polar surface area (TPSA) is 50.3 Å². The van der Waals surface area contributed by atoms with Crippen LogP contribution in [0.3, 0.4) is 0 Å². The van der Waals surface area contributed by atoms with E-state index in [9.17, 15) is 0 Å². The van der Waals surface area contributed by atoms with Gasteiger partial charge in [0, 0.05) is 19.6 Å². The van der Waals surface area contributed by atoms with Crippen molar-refractivity contribution in [1.82, 2.24) is 14.9 Å². The van der Waals surface area contributed by atoms with Gasteiger partial charge in [0.15, 0.2) is 0 Å². The van der Waals surface area contributed by atoms with Crippen LogP contribution >= 0.6 is 0 Å². The molecule has 1 aliphatic rings. The molecule has 0 atom stereocenters. The first-order valence-electron chi connectivity index (χ1n) is 7.67. The van der Waals surface area contributed by atoms with Gasteiger partial charge in [-0.1, -0.05) is 13.3 Å². The number of anilines is 1. The molecule has 1 N–H and O–H groups in total. The predicted octanol–water partition coefficient (Wildman–Crippen LogP) is 2.33. The van der Waals surface area contributed by atoms with Crippen LogP contribution in [0.15, 0.2) is 6.33 Å². The van der Waals surface area contributed by atoms with E-state index in [1.165, 1.54) is 0 Å². The lowest BCUT2D eigenvalue weighted by Gasteiger charge is -2.29. The number of hydrogen-bond acceptors (Lipinski definition) is 5. The molecular formula is C15H26N4O. The van der Waals surface area contributed by atoms with Crippen LogP contribution in [0.1, 0.15) is 38.7 Å². The van der Waals surface area contributed by atoms with Crippen molar-refractivity contribution in [2.45, 2.75) is 45.6 Å². The molecule has 1 aromatic rings. The summed E-state index contributed by atoms with van der Waals surface area (Å²) >= 11 is 0. The summed E-state index contributed by atoms with van der Waals surface area (Å²) in [5.41, 5.74) is 1.12. The number of ether oxygens (including phenoxy) is 1. The Kier molecular flexibility index (Phi) is 5.59. The van der Waals surface area contributed by atoms with E-state index in [0.717, 1.165) is 62.6 Å². The van der Waals surface area contributed by atoms with Crippen LogP contribution in [0.5, 0.6) is 5.88 Å². The van der Waals surface area contributed by atoms with Crippen LogP contribution in [0.2, 0.25) is 0 Å². The average molecular weight is 278 g/mol. The van der Waals surface area contributed by atoms with Gasteiger partial charge in [-0.25, -0.2) is 9.97 Å². The highest BCUT2D eigenvalue weighted by atomic mass is 16.5. The minimum absolute atomic E-state index is 0.284. The van der Waals surface area contributed by atoms with Gasteiger partial charge in [-0.3, -0.25) is 0 Å². The molecule has 0 unspecified atom stereocenters. The summed E-state index contributed by atoms with van der Waals surface area (Å²) < 4.78 is 6.16. The van der Waals surface area contributed by atoms with Gasteiger partial charge in [0.1, 0.15) is 18.2 Å². The zero-order valence-corrected chi connectivity index (χ0v) is 12.9. The van der Waals surface area contributed by atoms with Gasteiger partial charge < -0.3 is 15.0 Å². The van der Waals surface area contributed by atoms with Crippen LogP contribution in [0.4, 0.5) is 5.82 Å². The van der Waals surface area contributed by atoms with E-state index in [2.05, 4.69) is 41.1 Å². The molecule has 0 bridgehead atoms. The van der Waals surface area contributed by atoms with Gasteiger partial charge in [0.05, 0.1) is 5.56 Å². The highest BCUT2D eigenvalue weighted by Crippen LogP contribution is 2.26. The van der Waals surface area contributed by atoms with E-state index in [4.69, 9.17) is 4.74 Å². The van der Waals surface area contributed by atoms with E-state index in [1.807, 2.05) is 0 Å². The summed E-state index contributed by atoms with van der Waals surface area (Å²) in [6.45, 7) is 7.30. The van der Waals surface area contributed by atoms with Crippen molar-refractivity contribution < 1.29 is 4.74 Å². The highest BCUT2D eigenvalue weighted by Gasteiger charge is 2.21. The molecule has 1 fully saturated rings. The molecule has 1 aliphatic heterocycles. The quantitative estimate of drug-likeness (QED) is 0.865. The molecule has 0 spiro atoms. The van der Waals surface area contributed by atoms with Crippen LogP contribution in [-0.4, -0.2) is 47.7 Å². The predicted molar refractivity (Wildman–Crippen MR) is 81.3 cm³/mol. The lowest BCUT2D eigenvalue weighted by atomic mass is 10.1. The second kappa shape index (κ2) is 7.43. The number of likely N-dealkylation sites (tertiary alicyclic amines) is 1. The molecule has 0 saturated carbocycles. The fraction of sp³-hybridized carbons (Fsp3) is 0.733. The SMILES string of the molecule is CCCc1c(NCC)ncnc1OC1CCN(C)CC1. The van der Waals surface area contributed by atoms with Crippen molar-refractivity contribution in [1.29, 1.82) is 0 Å². The summed E-state index contributed by atoms with van der Waals surface area (Å²) in [5, 5.41) is 3.31. The average Bonchev–Trinajstić information content (AvgIpc) is 2.45. The van der Waals surface area contributed by atoms with Crippen LogP contribution in [0.25, 0.3) is 0 Å². The van der Waals surface area contributed by atoms with E-state index in [0.29, 0.717) is 0 Å². The highest BCUT2D eigenvalue weighted by molar-refractivity contribution is 5.48. The first-order chi connectivity index (χ1) is 9.74. The second-order valence-electron chi connectivity index (χ2n) is 5.41. The van der Waals surface area contributed by atoms with Gasteiger partial charge in [0.25, 0.3) is 0 Å². The maximum Gasteiger partial charge on any atom is 0.222 e. The Bertz CT molecular complexity index is 416. The Morgan fingerprint density at radius 2 is 2.05 bits per heavy atom. The van der Waals surface area contributed by atoms with Crippen LogP contribution in [-0.2, 0) is 6.42 Å². The summed E-state index contributed by atoms with van der Waals surface area (Å²) in [5.74, 6) is 1.69. The summed E-state index contributed by atoms with van der Waals surface area (Å²) in [7, 11) is 2.16. The molecule has 1 saturated heterocycles. The van der Waals surface area contributed by atoms with E-state index < -0.39 is 0 Å². The number of nitrogens with zero attached hydrogens (tertiary/aromatic N) is 3. The van der Waals surface area contributed by atoms with Crippen molar-refractivity contribution in [3.05, 3.63) is 11.9 Å². The van der Waals surface area contributed by atoms with E-state index in [1.54, 1.807) is 6.33 Å². The molecule has 0 aromatic carbocycles. The molecule has 2 rings (SSSR count). The summed E-state index contributed by atoms with van der Waals surface area (Å²) in [4.78, 5) is 11.1. The number of piperidine rings is 1. The van der Waals surface area contributed by atoms with Gasteiger partial charge in [-0.2, -0.15) is 0 Å². The molecule has 5 nitrogen and oxygen atoms in total. The van der Waals surface area contributed by atoms with E-state index in [-0.39, 0.29) is 6.10 Å². The number of nitrogens with one attached hydrogen (secondary N) is 1. The monoisotopic (exact) mass is 278 g/mol. The second-order valence-corrected chi connectivity index (χ2v) is 5.41. The van der Waals surface area contributed by atoms with Gasteiger partial charge in [0.2, 0.25) is 5.88 Å². The molecular weight excluding hydrogens is 252 g/mol. The molecule has 112 valence electrons. The third kappa shape index (κ3) is 3.82. The lowest BCUT2D eigenvalue weighted by molar-refractivity contribution is 0.109. The fourth-order valence-corrected chi connectivity index (χ4v) is 2.55. The largest absolute Gasteiger partial charge is 0.474 e. The maximum atomic E-state index is 6.16. The molecule has 5 heteroatoms. The smallest absolute Gasteiger partial charge is 0.222 e. The Morgan fingerprint density at radius 1 is 1.30 bits per heavy atom. The Labute approximate surface area is 121 Å². The molecule has 0 aliphatic carbocycles. The van der Waals surface area contributed by atoms with Crippen LogP contribution < -0.4 is 10.1 Å². The molecule has 1 aromatic heterocycles. The van der Waals surface area contributed by atoms with Gasteiger partial charge in [-0.15, -0.1) is 0 Å². The summed E-state index contributed by atoms with van der Waals surface area (Å²) in [6.07, 6.45) is 6.04. The summed E-state index contributed by atoms with van der Waals surface area (Å²) in [6, 6.07) is 0. The van der Waals surface area contributed by atoms with Crippen molar-refractivity contribution in [3.63, 3.8) is 0 Å². The zero-order chi connectivity index (χ0) is 14.4.